The molecule has 2 rings (SSSR count). The number of nitrogens with one attached hydrogen (secondary N) is 1. The first-order chi connectivity index (χ1) is 10.7. The molecule has 0 aromatic carbocycles. The van der Waals surface area contributed by atoms with Crippen molar-refractivity contribution in [3.8, 4) is 0 Å². The maximum atomic E-state index is 12.3. The summed E-state index contributed by atoms with van der Waals surface area (Å²) in [5, 5.41) is 5.13. The molecule has 1 aliphatic carbocycles. The smallest absolute Gasteiger partial charge is 0.358 e. The van der Waals surface area contributed by atoms with Crippen LogP contribution in [-0.4, -0.2) is 48.0 Å². The predicted octanol–water partition coefficient (Wildman–Crippen LogP) is 2.52. The van der Waals surface area contributed by atoms with E-state index in [0.717, 1.165) is 12.8 Å². The van der Waals surface area contributed by atoms with Gasteiger partial charge in [-0.15, -0.1) is 11.3 Å². The van der Waals surface area contributed by atoms with E-state index in [0.29, 0.717) is 17.7 Å². The molecule has 1 aromatic rings. The van der Waals surface area contributed by atoms with Gasteiger partial charge in [-0.3, -0.25) is 4.79 Å². The fourth-order valence-corrected chi connectivity index (χ4v) is 3.44. The Balaban J connectivity index is 1.86. The van der Waals surface area contributed by atoms with Crippen LogP contribution in [0.5, 0.6) is 0 Å². The second kappa shape index (κ2) is 8.12. The summed E-state index contributed by atoms with van der Waals surface area (Å²) in [5.74, 6) is -0.669. The zero-order valence-corrected chi connectivity index (χ0v) is 13.9. The standard InChI is InChI=1S/C15H23N3O3S/c1-3-18(11-7-5-4-6-8-11)13(19)9-21-14(20)12-10-22-15(16-2)17-12/h10-11H,3-9H2,1-2H3,(H,16,17). The van der Waals surface area contributed by atoms with E-state index in [-0.39, 0.29) is 18.2 Å². The largest absolute Gasteiger partial charge is 0.451 e. The minimum Gasteiger partial charge on any atom is -0.451 e. The Morgan fingerprint density at radius 2 is 2.14 bits per heavy atom. The fourth-order valence-electron chi connectivity index (χ4n) is 2.80. The lowest BCUT2D eigenvalue weighted by molar-refractivity contribution is -0.137. The minimum absolute atomic E-state index is 0.119. The van der Waals surface area contributed by atoms with Gasteiger partial charge in [-0.05, 0) is 19.8 Å². The third kappa shape index (κ3) is 4.19. The molecular formula is C15H23N3O3S. The third-order valence-corrected chi connectivity index (χ3v) is 4.79. The van der Waals surface area contributed by atoms with Crippen molar-refractivity contribution in [2.45, 2.75) is 45.1 Å². The normalized spacial score (nSPS) is 15.4. The van der Waals surface area contributed by atoms with E-state index in [9.17, 15) is 9.59 Å². The van der Waals surface area contributed by atoms with E-state index >= 15 is 0 Å². The molecule has 7 heteroatoms. The molecule has 0 atom stereocenters. The van der Waals surface area contributed by atoms with Gasteiger partial charge < -0.3 is 15.0 Å². The number of amides is 1. The monoisotopic (exact) mass is 325 g/mol. The van der Waals surface area contributed by atoms with Gasteiger partial charge in [0.1, 0.15) is 0 Å². The predicted molar refractivity (Wildman–Crippen MR) is 86.2 cm³/mol. The summed E-state index contributed by atoms with van der Waals surface area (Å²) in [4.78, 5) is 30.1. The van der Waals surface area contributed by atoms with Gasteiger partial charge in [0.15, 0.2) is 17.4 Å². The number of aromatic nitrogens is 1. The lowest BCUT2D eigenvalue weighted by Crippen LogP contribution is -2.43. The first kappa shape index (κ1) is 16.7. The molecule has 1 N–H and O–H groups in total. The van der Waals surface area contributed by atoms with E-state index in [1.807, 2.05) is 11.8 Å². The van der Waals surface area contributed by atoms with Crippen LogP contribution in [0.15, 0.2) is 5.38 Å². The van der Waals surface area contributed by atoms with Crippen molar-refractivity contribution in [3.63, 3.8) is 0 Å². The van der Waals surface area contributed by atoms with Crippen molar-refractivity contribution in [1.82, 2.24) is 9.88 Å². The van der Waals surface area contributed by atoms with Crippen molar-refractivity contribution in [2.24, 2.45) is 0 Å². The third-order valence-electron chi connectivity index (χ3n) is 3.93. The highest BCUT2D eigenvalue weighted by Crippen LogP contribution is 2.22. The number of anilines is 1. The van der Waals surface area contributed by atoms with Crippen LogP contribution in [0.2, 0.25) is 0 Å². The van der Waals surface area contributed by atoms with Gasteiger partial charge in [-0.25, -0.2) is 9.78 Å². The average molecular weight is 325 g/mol. The number of likely N-dealkylation sites (N-methyl/N-ethyl adjacent to an activating group) is 1. The highest BCUT2D eigenvalue weighted by Gasteiger charge is 2.25. The van der Waals surface area contributed by atoms with Gasteiger partial charge in [-0.2, -0.15) is 0 Å². The Bertz CT molecular complexity index is 512. The van der Waals surface area contributed by atoms with Gasteiger partial charge in [0.25, 0.3) is 5.91 Å². The zero-order valence-electron chi connectivity index (χ0n) is 13.1. The molecule has 122 valence electrons. The first-order valence-electron chi connectivity index (χ1n) is 7.75. The molecule has 0 bridgehead atoms. The number of esters is 1. The maximum absolute atomic E-state index is 12.3. The molecule has 0 unspecified atom stereocenters. The lowest BCUT2D eigenvalue weighted by Gasteiger charge is -2.33. The highest BCUT2D eigenvalue weighted by atomic mass is 32.1. The topological polar surface area (TPSA) is 71.5 Å². The molecule has 0 saturated heterocycles. The number of ether oxygens (including phenoxy) is 1. The molecule has 22 heavy (non-hydrogen) atoms. The molecule has 1 amide bonds. The average Bonchev–Trinajstić information content (AvgIpc) is 3.03. The molecule has 1 saturated carbocycles. The van der Waals surface area contributed by atoms with Crippen LogP contribution >= 0.6 is 11.3 Å². The van der Waals surface area contributed by atoms with Gasteiger partial charge >= 0.3 is 5.97 Å². The number of hydrogen-bond acceptors (Lipinski definition) is 6. The minimum atomic E-state index is -0.550. The quantitative estimate of drug-likeness (QED) is 0.814. The molecule has 0 aliphatic heterocycles. The number of hydrogen-bond donors (Lipinski definition) is 1. The van der Waals surface area contributed by atoms with Crippen LogP contribution in [0.4, 0.5) is 5.13 Å². The molecule has 1 fully saturated rings. The van der Waals surface area contributed by atoms with Crippen LogP contribution in [0.25, 0.3) is 0 Å². The molecule has 0 radical (unpaired) electrons. The molecule has 0 spiro atoms. The molecule has 1 aromatic heterocycles. The first-order valence-corrected chi connectivity index (χ1v) is 8.63. The van der Waals surface area contributed by atoms with Crippen LogP contribution < -0.4 is 5.32 Å². The molecule has 6 nitrogen and oxygen atoms in total. The maximum Gasteiger partial charge on any atom is 0.358 e. The summed E-state index contributed by atoms with van der Waals surface area (Å²) < 4.78 is 5.11. The number of carbonyl (C=O) groups is 2. The van der Waals surface area contributed by atoms with Crippen molar-refractivity contribution in [2.75, 3.05) is 25.5 Å². The highest BCUT2D eigenvalue weighted by molar-refractivity contribution is 7.13. The van der Waals surface area contributed by atoms with Gasteiger partial charge in [-0.1, -0.05) is 19.3 Å². The van der Waals surface area contributed by atoms with E-state index in [1.54, 1.807) is 12.4 Å². The second-order valence-corrected chi connectivity index (χ2v) is 6.19. The fraction of sp³-hybridized carbons (Fsp3) is 0.667. The van der Waals surface area contributed by atoms with Gasteiger partial charge in [0.05, 0.1) is 0 Å². The van der Waals surface area contributed by atoms with Crippen LogP contribution in [0.3, 0.4) is 0 Å². The van der Waals surface area contributed by atoms with Crippen LogP contribution in [0, 0.1) is 0 Å². The Kier molecular flexibility index (Phi) is 6.18. The van der Waals surface area contributed by atoms with Crippen LogP contribution in [0.1, 0.15) is 49.5 Å². The summed E-state index contributed by atoms with van der Waals surface area (Å²) in [6, 6.07) is 0.292. The van der Waals surface area contributed by atoms with Gasteiger partial charge in [0, 0.05) is 25.0 Å². The number of nitrogens with zero attached hydrogens (tertiary/aromatic N) is 2. The van der Waals surface area contributed by atoms with Crippen molar-refractivity contribution in [3.05, 3.63) is 11.1 Å². The lowest BCUT2D eigenvalue weighted by atomic mass is 9.94. The Morgan fingerprint density at radius 1 is 1.41 bits per heavy atom. The summed E-state index contributed by atoms with van der Waals surface area (Å²) in [7, 11) is 1.74. The zero-order chi connectivity index (χ0) is 15.9. The summed E-state index contributed by atoms with van der Waals surface area (Å²) >= 11 is 1.33. The van der Waals surface area contributed by atoms with Crippen LogP contribution in [-0.2, 0) is 9.53 Å². The molecular weight excluding hydrogens is 302 g/mol. The van der Waals surface area contributed by atoms with Gasteiger partial charge in [0.2, 0.25) is 0 Å². The summed E-state index contributed by atoms with van der Waals surface area (Å²) in [5.41, 5.74) is 0.239. The SMILES string of the molecule is CCN(C(=O)COC(=O)c1csc(NC)n1)C1CCCCC1. The van der Waals surface area contributed by atoms with E-state index in [4.69, 9.17) is 4.74 Å². The Morgan fingerprint density at radius 3 is 2.73 bits per heavy atom. The van der Waals surface area contributed by atoms with E-state index in [1.165, 1.54) is 30.6 Å². The number of thiazole rings is 1. The summed E-state index contributed by atoms with van der Waals surface area (Å²) in [6.45, 7) is 2.41. The second-order valence-electron chi connectivity index (χ2n) is 5.34. The number of rotatable bonds is 6. The Labute approximate surface area is 134 Å². The number of carbonyl (C=O) groups excluding carboxylic acids is 2. The van der Waals surface area contributed by atoms with Crippen molar-refractivity contribution >= 4 is 28.3 Å². The summed E-state index contributed by atoms with van der Waals surface area (Å²) in [6.07, 6.45) is 5.67. The van der Waals surface area contributed by atoms with Crippen molar-refractivity contribution < 1.29 is 14.3 Å². The Hall–Kier alpha value is -1.63. The molecule has 1 heterocycles. The molecule has 1 aliphatic rings. The van der Waals surface area contributed by atoms with E-state index < -0.39 is 5.97 Å². The van der Waals surface area contributed by atoms with Crippen molar-refractivity contribution in [1.29, 1.82) is 0 Å². The van der Waals surface area contributed by atoms with E-state index in [2.05, 4.69) is 10.3 Å².